The van der Waals surface area contributed by atoms with Gasteiger partial charge >= 0.3 is 0 Å². The average Bonchev–Trinajstić information content (AvgIpc) is 2.37. The van der Waals surface area contributed by atoms with Gasteiger partial charge in [-0.1, -0.05) is 6.08 Å². The topological polar surface area (TPSA) is 33.4 Å². The first-order chi connectivity index (χ1) is 4.86. The molecule has 0 radical (unpaired) electrons. The fraction of sp³-hybridized carbons (Fsp3) is 0.250. The van der Waals surface area contributed by atoms with Crippen LogP contribution in [0.5, 0.6) is 0 Å². The van der Waals surface area contributed by atoms with E-state index in [4.69, 9.17) is 9.52 Å². The lowest BCUT2D eigenvalue weighted by Crippen LogP contribution is -1.75. The summed E-state index contributed by atoms with van der Waals surface area (Å²) in [6.07, 6.45) is 2.49. The number of aliphatic hydroxyl groups excluding tert-OH is 1. The van der Waals surface area contributed by atoms with Gasteiger partial charge in [0.05, 0.1) is 0 Å². The van der Waals surface area contributed by atoms with Crippen LogP contribution in [0.3, 0.4) is 0 Å². The first kappa shape index (κ1) is 7.09. The number of hydrogen-bond acceptors (Lipinski definition) is 2. The van der Waals surface area contributed by atoms with Crippen LogP contribution in [0.1, 0.15) is 11.5 Å². The molecule has 0 unspecified atom stereocenters. The van der Waals surface area contributed by atoms with E-state index in [0.29, 0.717) is 5.76 Å². The van der Waals surface area contributed by atoms with Gasteiger partial charge in [-0.25, -0.2) is 0 Å². The van der Waals surface area contributed by atoms with Crippen molar-refractivity contribution >= 4 is 0 Å². The molecule has 0 atom stereocenters. The van der Waals surface area contributed by atoms with Crippen molar-refractivity contribution in [1.82, 2.24) is 0 Å². The molecular weight excluding hydrogens is 128 g/mol. The van der Waals surface area contributed by atoms with Gasteiger partial charge in [0.1, 0.15) is 18.1 Å². The number of allylic oxidation sites excluding steroid dienone is 1. The van der Waals surface area contributed by atoms with Gasteiger partial charge in [0.15, 0.2) is 0 Å². The van der Waals surface area contributed by atoms with Crippen molar-refractivity contribution < 1.29 is 9.52 Å². The highest BCUT2D eigenvalue weighted by Gasteiger charge is 1.96. The standard InChI is InChI=1S/C8H10O2/c1-2-3-7-4-5-8(6-9)10-7/h2,4-5,9H,1,3,6H2. The van der Waals surface area contributed by atoms with Gasteiger partial charge in [0, 0.05) is 6.42 Å². The van der Waals surface area contributed by atoms with Crippen LogP contribution in [0.15, 0.2) is 29.2 Å². The van der Waals surface area contributed by atoms with E-state index >= 15 is 0 Å². The van der Waals surface area contributed by atoms with E-state index < -0.39 is 0 Å². The van der Waals surface area contributed by atoms with E-state index in [2.05, 4.69) is 6.58 Å². The predicted octanol–water partition coefficient (Wildman–Crippen LogP) is 1.50. The minimum Gasteiger partial charge on any atom is -0.463 e. The third-order valence-corrected chi connectivity index (χ3v) is 1.22. The van der Waals surface area contributed by atoms with Crippen LogP contribution < -0.4 is 0 Å². The molecule has 0 aliphatic rings. The van der Waals surface area contributed by atoms with E-state index in [1.807, 2.05) is 6.07 Å². The minimum absolute atomic E-state index is 0.0306. The summed E-state index contributed by atoms with van der Waals surface area (Å²) >= 11 is 0. The van der Waals surface area contributed by atoms with Crippen molar-refractivity contribution in [2.24, 2.45) is 0 Å². The third-order valence-electron chi connectivity index (χ3n) is 1.22. The van der Waals surface area contributed by atoms with Crippen LogP contribution >= 0.6 is 0 Å². The Morgan fingerprint density at radius 3 is 2.70 bits per heavy atom. The number of hydrogen-bond donors (Lipinski definition) is 1. The maximum atomic E-state index is 8.60. The quantitative estimate of drug-likeness (QED) is 0.642. The Bertz CT molecular complexity index is 213. The van der Waals surface area contributed by atoms with Crippen LogP contribution in [-0.2, 0) is 13.0 Å². The van der Waals surface area contributed by atoms with Gasteiger partial charge in [0.25, 0.3) is 0 Å². The summed E-state index contributed by atoms with van der Waals surface area (Å²) in [6.45, 7) is 3.54. The van der Waals surface area contributed by atoms with Crippen LogP contribution in [0.2, 0.25) is 0 Å². The van der Waals surface area contributed by atoms with Crippen molar-refractivity contribution in [3.63, 3.8) is 0 Å². The summed E-state index contributed by atoms with van der Waals surface area (Å²) < 4.78 is 5.15. The van der Waals surface area contributed by atoms with Gasteiger partial charge in [0.2, 0.25) is 0 Å². The Balaban J connectivity index is 2.67. The maximum Gasteiger partial charge on any atom is 0.129 e. The fourth-order valence-electron chi connectivity index (χ4n) is 0.759. The summed E-state index contributed by atoms with van der Waals surface area (Å²) in [4.78, 5) is 0. The minimum atomic E-state index is -0.0306. The number of furan rings is 1. The second-order valence-corrected chi connectivity index (χ2v) is 2.02. The van der Waals surface area contributed by atoms with E-state index in [-0.39, 0.29) is 6.61 Å². The summed E-state index contributed by atoms with van der Waals surface area (Å²) in [5.74, 6) is 1.45. The molecule has 0 aliphatic heterocycles. The third kappa shape index (κ3) is 1.48. The molecule has 2 heteroatoms. The largest absolute Gasteiger partial charge is 0.463 e. The highest BCUT2D eigenvalue weighted by atomic mass is 16.4. The Morgan fingerprint density at radius 1 is 1.50 bits per heavy atom. The molecule has 0 saturated carbocycles. The Morgan fingerprint density at radius 2 is 2.20 bits per heavy atom. The van der Waals surface area contributed by atoms with Gasteiger partial charge < -0.3 is 9.52 Å². The molecule has 0 aliphatic carbocycles. The molecule has 0 amide bonds. The van der Waals surface area contributed by atoms with E-state index in [9.17, 15) is 0 Å². The summed E-state index contributed by atoms with van der Waals surface area (Å²) in [5, 5.41) is 8.60. The molecule has 0 fully saturated rings. The van der Waals surface area contributed by atoms with Gasteiger partial charge in [-0.15, -0.1) is 6.58 Å². The first-order valence-corrected chi connectivity index (χ1v) is 3.16. The van der Waals surface area contributed by atoms with Gasteiger partial charge in [-0.05, 0) is 12.1 Å². The SMILES string of the molecule is C=CCc1ccc(CO)o1. The molecule has 1 N–H and O–H groups in total. The van der Waals surface area contributed by atoms with Crippen LogP contribution in [0, 0.1) is 0 Å². The van der Waals surface area contributed by atoms with Crippen LogP contribution in [0.25, 0.3) is 0 Å². The molecule has 54 valence electrons. The van der Waals surface area contributed by atoms with Crippen LogP contribution in [-0.4, -0.2) is 5.11 Å². The summed E-state index contributed by atoms with van der Waals surface area (Å²) in [6, 6.07) is 3.60. The highest BCUT2D eigenvalue weighted by molar-refractivity contribution is 5.08. The molecule has 1 rings (SSSR count). The van der Waals surface area contributed by atoms with Crippen molar-refractivity contribution in [2.75, 3.05) is 0 Å². The highest BCUT2D eigenvalue weighted by Crippen LogP contribution is 2.07. The molecule has 10 heavy (non-hydrogen) atoms. The zero-order chi connectivity index (χ0) is 7.40. The maximum absolute atomic E-state index is 8.60. The van der Waals surface area contributed by atoms with Gasteiger partial charge in [-0.3, -0.25) is 0 Å². The van der Waals surface area contributed by atoms with E-state index in [1.54, 1.807) is 12.1 Å². The Hall–Kier alpha value is -1.02. The molecular formula is C8H10O2. The summed E-state index contributed by atoms with van der Waals surface area (Å²) in [7, 11) is 0. The Labute approximate surface area is 59.8 Å². The molecule has 1 aromatic heterocycles. The molecule has 0 saturated heterocycles. The van der Waals surface area contributed by atoms with Crippen LogP contribution in [0.4, 0.5) is 0 Å². The lowest BCUT2D eigenvalue weighted by atomic mass is 10.3. The predicted molar refractivity (Wildman–Crippen MR) is 38.5 cm³/mol. The average molecular weight is 138 g/mol. The lowest BCUT2D eigenvalue weighted by Gasteiger charge is -1.87. The smallest absolute Gasteiger partial charge is 0.129 e. The van der Waals surface area contributed by atoms with E-state index in [0.717, 1.165) is 12.2 Å². The molecule has 0 spiro atoms. The summed E-state index contributed by atoms with van der Waals surface area (Å²) in [5.41, 5.74) is 0. The molecule has 1 heterocycles. The van der Waals surface area contributed by atoms with Crippen molar-refractivity contribution in [1.29, 1.82) is 0 Å². The molecule has 2 nitrogen and oxygen atoms in total. The molecule has 0 bridgehead atoms. The first-order valence-electron chi connectivity index (χ1n) is 3.16. The number of aliphatic hydroxyl groups is 1. The van der Waals surface area contributed by atoms with Crippen molar-refractivity contribution in [3.8, 4) is 0 Å². The van der Waals surface area contributed by atoms with Crippen molar-refractivity contribution in [2.45, 2.75) is 13.0 Å². The second-order valence-electron chi connectivity index (χ2n) is 2.02. The Kier molecular flexibility index (Phi) is 2.29. The normalized spacial score (nSPS) is 9.70. The van der Waals surface area contributed by atoms with Gasteiger partial charge in [-0.2, -0.15) is 0 Å². The van der Waals surface area contributed by atoms with E-state index in [1.165, 1.54) is 0 Å². The second kappa shape index (κ2) is 3.22. The zero-order valence-corrected chi connectivity index (χ0v) is 5.71. The fourth-order valence-corrected chi connectivity index (χ4v) is 0.759. The van der Waals surface area contributed by atoms with Crippen molar-refractivity contribution in [3.05, 3.63) is 36.3 Å². The monoisotopic (exact) mass is 138 g/mol. The zero-order valence-electron chi connectivity index (χ0n) is 5.71. The number of rotatable bonds is 3. The lowest BCUT2D eigenvalue weighted by molar-refractivity contribution is 0.244. The molecule has 1 aromatic rings. The molecule has 0 aromatic carbocycles.